The summed E-state index contributed by atoms with van der Waals surface area (Å²) in [7, 11) is 1.72. The number of carbonyl (C=O) groups excluding carboxylic acids is 2. The molecule has 6 nitrogen and oxygen atoms in total. The zero-order valence-electron chi connectivity index (χ0n) is 16.1. The van der Waals surface area contributed by atoms with Crippen molar-refractivity contribution >= 4 is 33.4 Å². The fraction of sp³-hybridized carbons (Fsp3) is 0.182. The van der Waals surface area contributed by atoms with Crippen LogP contribution in [0.1, 0.15) is 26.5 Å². The number of nitrogens with zero attached hydrogens (tertiary/aromatic N) is 1. The summed E-state index contributed by atoms with van der Waals surface area (Å²) in [5, 5.41) is 2.78. The van der Waals surface area contributed by atoms with Gasteiger partial charge in [-0.2, -0.15) is 0 Å². The SMILES string of the molecule is Cc1ccc(C(=O)N(C)CCOc2ccc(Br)cc2)cc1NC(=O)c1ccco1. The highest BCUT2D eigenvalue weighted by Crippen LogP contribution is 2.20. The highest BCUT2D eigenvalue weighted by atomic mass is 79.9. The van der Waals surface area contributed by atoms with Crippen molar-refractivity contribution in [1.82, 2.24) is 4.90 Å². The van der Waals surface area contributed by atoms with Crippen LogP contribution in [0.4, 0.5) is 5.69 Å². The van der Waals surface area contributed by atoms with Crippen molar-refractivity contribution in [1.29, 1.82) is 0 Å². The number of likely N-dealkylation sites (N-methyl/N-ethyl adjacent to an activating group) is 1. The second-order valence-corrected chi connectivity index (χ2v) is 7.41. The van der Waals surface area contributed by atoms with Crippen molar-refractivity contribution in [3.63, 3.8) is 0 Å². The molecule has 0 unspecified atom stereocenters. The van der Waals surface area contributed by atoms with Gasteiger partial charge in [0.1, 0.15) is 12.4 Å². The number of hydrogen-bond donors (Lipinski definition) is 1. The summed E-state index contributed by atoms with van der Waals surface area (Å²) < 4.78 is 11.8. The molecule has 3 aromatic rings. The van der Waals surface area contributed by atoms with Crippen LogP contribution < -0.4 is 10.1 Å². The second-order valence-electron chi connectivity index (χ2n) is 6.49. The molecule has 0 aliphatic heterocycles. The fourth-order valence-corrected chi connectivity index (χ4v) is 2.90. The summed E-state index contributed by atoms with van der Waals surface area (Å²) in [5.74, 6) is 0.438. The Balaban J connectivity index is 1.60. The van der Waals surface area contributed by atoms with Gasteiger partial charge in [0.25, 0.3) is 11.8 Å². The first-order chi connectivity index (χ1) is 13.9. The van der Waals surface area contributed by atoms with Gasteiger partial charge in [-0.25, -0.2) is 0 Å². The number of carbonyl (C=O) groups is 2. The first-order valence-corrected chi connectivity index (χ1v) is 9.82. The molecule has 1 N–H and O–H groups in total. The summed E-state index contributed by atoms with van der Waals surface area (Å²) in [6.45, 7) is 2.66. The highest BCUT2D eigenvalue weighted by Gasteiger charge is 2.15. The Kier molecular flexibility index (Phi) is 6.72. The maximum atomic E-state index is 12.7. The molecule has 1 heterocycles. The number of hydrogen-bond acceptors (Lipinski definition) is 4. The lowest BCUT2D eigenvalue weighted by Crippen LogP contribution is -2.31. The molecule has 0 aliphatic rings. The molecule has 1 aromatic heterocycles. The second kappa shape index (κ2) is 9.43. The van der Waals surface area contributed by atoms with Crippen molar-refractivity contribution < 1.29 is 18.7 Å². The van der Waals surface area contributed by atoms with Gasteiger partial charge in [0.15, 0.2) is 5.76 Å². The van der Waals surface area contributed by atoms with Crippen molar-refractivity contribution in [2.24, 2.45) is 0 Å². The summed E-state index contributed by atoms with van der Waals surface area (Å²) in [6.07, 6.45) is 1.44. The standard InChI is InChI=1S/C22H21BrN2O4/c1-15-5-6-16(14-19(15)24-21(26)20-4-3-12-29-20)22(27)25(2)11-13-28-18-9-7-17(23)8-10-18/h3-10,12,14H,11,13H2,1-2H3,(H,24,26). The van der Waals surface area contributed by atoms with E-state index in [0.717, 1.165) is 15.8 Å². The molecule has 0 aliphatic carbocycles. The quantitative estimate of drug-likeness (QED) is 0.556. The number of amides is 2. The largest absolute Gasteiger partial charge is 0.492 e. The van der Waals surface area contributed by atoms with E-state index in [1.807, 2.05) is 31.2 Å². The van der Waals surface area contributed by atoms with E-state index in [2.05, 4.69) is 21.2 Å². The normalized spacial score (nSPS) is 10.4. The average molecular weight is 457 g/mol. The Hall–Kier alpha value is -3.06. The zero-order valence-corrected chi connectivity index (χ0v) is 17.7. The third kappa shape index (κ3) is 5.48. The fourth-order valence-electron chi connectivity index (χ4n) is 2.63. The third-order valence-corrected chi connectivity index (χ3v) is 4.86. The molecule has 150 valence electrons. The third-order valence-electron chi connectivity index (χ3n) is 4.33. The van der Waals surface area contributed by atoms with Gasteiger partial charge >= 0.3 is 0 Å². The van der Waals surface area contributed by atoms with Crippen LogP contribution in [-0.2, 0) is 0 Å². The molecule has 0 saturated carbocycles. The number of furan rings is 1. The Labute approximate surface area is 177 Å². The molecule has 0 spiro atoms. The zero-order chi connectivity index (χ0) is 20.8. The van der Waals surface area contributed by atoms with E-state index in [9.17, 15) is 9.59 Å². The first-order valence-electron chi connectivity index (χ1n) is 9.03. The predicted octanol–water partition coefficient (Wildman–Crippen LogP) is 4.75. The van der Waals surface area contributed by atoms with Crippen LogP contribution in [0.25, 0.3) is 0 Å². The first kappa shape index (κ1) is 20.7. The molecule has 2 amide bonds. The molecule has 0 bridgehead atoms. The van der Waals surface area contributed by atoms with Crippen molar-refractivity contribution in [3.8, 4) is 5.75 Å². The van der Waals surface area contributed by atoms with Gasteiger partial charge in [0.05, 0.1) is 12.8 Å². The van der Waals surface area contributed by atoms with Gasteiger partial charge in [-0.05, 0) is 61.0 Å². The molecule has 0 saturated heterocycles. The molecular weight excluding hydrogens is 436 g/mol. The van der Waals surface area contributed by atoms with Crippen LogP contribution in [0.3, 0.4) is 0 Å². The topological polar surface area (TPSA) is 71.8 Å². The van der Waals surface area contributed by atoms with E-state index in [4.69, 9.17) is 9.15 Å². The smallest absolute Gasteiger partial charge is 0.291 e. The van der Waals surface area contributed by atoms with Gasteiger partial charge in [0, 0.05) is 22.8 Å². The monoisotopic (exact) mass is 456 g/mol. The minimum absolute atomic E-state index is 0.155. The maximum absolute atomic E-state index is 12.7. The van der Waals surface area contributed by atoms with Gasteiger partial charge in [0.2, 0.25) is 0 Å². The number of anilines is 1. The van der Waals surface area contributed by atoms with Gasteiger partial charge in [-0.15, -0.1) is 0 Å². The van der Waals surface area contributed by atoms with Crippen LogP contribution in [0.15, 0.2) is 69.8 Å². The summed E-state index contributed by atoms with van der Waals surface area (Å²) in [6, 6.07) is 16.0. The minimum Gasteiger partial charge on any atom is -0.492 e. The molecule has 0 atom stereocenters. The van der Waals surface area contributed by atoms with Crippen LogP contribution in [0.5, 0.6) is 5.75 Å². The lowest BCUT2D eigenvalue weighted by Gasteiger charge is -2.18. The highest BCUT2D eigenvalue weighted by molar-refractivity contribution is 9.10. The lowest BCUT2D eigenvalue weighted by molar-refractivity contribution is 0.0773. The molecule has 7 heteroatoms. The minimum atomic E-state index is -0.362. The van der Waals surface area contributed by atoms with Gasteiger partial charge < -0.3 is 19.4 Å². The van der Waals surface area contributed by atoms with Crippen LogP contribution in [0.2, 0.25) is 0 Å². The predicted molar refractivity (Wildman–Crippen MR) is 114 cm³/mol. The maximum Gasteiger partial charge on any atom is 0.291 e. The van der Waals surface area contributed by atoms with E-state index >= 15 is 0 Å². The Morgan fingerprint density at radius 1 is 1.14 bits per heavy atom. The number of ether oxygens (including phenoxy) is 1. The van der Waals surface area contributed by atoms with Crippen molar-refractivity contribution in [3.05, 3.63) is 82.2 Å². The number of aryl methyl sites for hydroxylation is 1. The Morgan fingerprint density at radius 2 is 1.90 bits per heavy atom. The van der Waals surface area contributed by atoms with Gasteiger partial charge in [-0.1, -0.05) is 22.0 Å². The Bertz CT molecular complexity index is 985. The number of rotatable bonds is 7. The van der Waals surface area contributed by atoms with Crippen LogP contribution in [-0.4, -0.2) is 36.9 Å². The van der Waals surface area contributed by atoms with Crippen molar-refractivity contribution in [2.45, 2.75) is 6.92 Å². The van der Waals surface area contributed by atoms with Crippen molar-refractivity contribution in [2.75, 3.05) is 25.5 Å². The molecule has 3 rings (SSSR count). The van der Waals surface area contributed by atoms with E-state index in [0.29, 0.717) is 24.4 Å². The van der Waals surface area contributed by atoms with E-state index in [-0.39, 0.29) is 17.6 Å². The molecule has 29 heavy (non-hydrogen) atoms. The van der Waals surface area contributed by atoms with Gasteiger partial charge in [-0.3, -0.25) is 9.59 Å². The van der Waals surface area contributed by atoms with Crippen LogP contribution in [0, 0.1) is 6.92 Å². The molecule has 0 radical (unpaired) electrons. The lowest BCUT2D eigenvalue weighted by atomic mass is 10.1. The number of benzene rings is 2. The molecular formula is C22H21BrN2O4. The molecule has 0 fully saturated rings. The number of nitrogens with one attached hydrogen (secondary N) is 1. The summed E-state index contributed by atoms with van der Waals surface area (Å²) in [4.78, 5) is 26.5. The summed E-state index contributed by atoms with van der Waals surface area (Å²) >= 11 is 3.38. The Morgan fingerprint density at radius 3 is 2.59 bits per heavy atom. The average Bonchev–Trinajstić information content (AvgIpc) is 3.25. The summed E-state index contributed by atoms with van der Waals surface area (Å²) in [5.41, 5.74) is 1.90. The van der Waals surface area contributed by atoms with E-state index in [1.54, 1.807) is 42.3 Å². The van der Waals surface area contributed by atoms with E-state index < -0.39 is 0 Å². The van der Waals surface area contributed by atoms with Crippen LogP contribution >= 0.6 is 15.9 Å². The number of halogens is 1. The van der Waals surface area contributed by atoms with E-state index in [1.165, 1.54) is 6.26 Å². The molecule has 2 aromatic carbocycles.